The molecule has 0 amide bonds. The largest absolute Gasteiger partial charge is 0.432 e. The number of nitriles is 1. The zero-order chi connectivity index (χ0) is 12.4. The average molecular weight is 255 g/mol. The summed E-state index contributed by atoms with van der Waals surface area (Å²) >= 11 is 5.94. The van der Waals surface area contributed by atoms with Crippen LogP contribution in [0.1, 0.15) is 5.56 Å². The minimum absolute atomic E-state index is 0.0658. The van der Waals surface area contributed by atoms with Gasteiger partial charge in [-0.15, -0.1) is 0 Å². The number of para-hydroxylation sites is 1. The van der Waals surface area contributed by atoms with Crippen LogP contribution in [0.25, 0.3) is 10.9 Å². The topological polar surface area (TPSA) is 45.9 Å². The molecule has 17 heavy (non-hydrogen) atoms. The van der Waals surface area contributed by atoms with Crippen molar-refractivity contribution in [2.75, 3.05) is 0 Å². The summed E-state index contributed by atoms with van der Waals surface area (Å²) in [5.74, 6) is -0.0658. The molecule has 6 heteroatoms. The highest BCUT2D eigenvalue weighted by molar-refractivity contribution is 6.36. The average Bonchev–Trinajstić information content (AvgIpc) is 2.30. The van der Waals surface area contributed by atoms with Crippen molar-refractivity contribution in [3.8, 4) is 11.8 Å². The summed E-state index contributed by atoms with van der Waals surface area (Å²) in [6.45, 7) is -2.93. The molecule has 2 rings (SSSR count). The van der Waals surface area contributed by atoms with Crippen molar-refractivity contribution in [3.05, 3.63) is 35.0 Å². The van der Waals surface area contributed by atoms with Gasteiger partial charge in [-0.1, -0.05) is 23.7 Å². The van der Waals surface area contributed by atoms with Gasteiger partial charge in [-0.25, -0.2) is 0 Å². The molecule has 3 nitrogen and oxygen atoms in total. The van der Waals surface area contributed by atoms with Gasteiger partial charge in [-0.3, -0.25) is 4.98 Å². The van der Waals surface area contributed by atoms with E-state index in [-0.39, 0.29) is 21.9 Å². The minimum Gasteiger partial charge on any atom is -0.432 e. The fourth-order valence-electron chi connectivity index (χ4n) is 1.43. The molecule has 0 unspecified atom stereocenters. The highest BCUT2D eigenvalue weighted by atomic mass is 35.5. The SMILES string of the molecule is N#Cc1cnc2c(OC(F)F)cccc2c1Cl. The number of pyridine rings is 1. The molecule has 2 aromatic rings. The summed E-state index contributed by atoms with van der Waals surface area (Å²) in [6.07, 6.45) is 1.23. The highest BCUT2D eigenvalue weighted by Crippen LogP contribution is 2.31. The van der Waals surface area contributed by atoms with Crippen molar-refractivity contribution >= 4 is 22.5 Å². The van der Waals surface area contributed by atoms with E-state index in [2.05, 4.69) is 9.72 Å². The molecule has 86 valence electrons. The van der Waals surface area contributed by atoms with E-state index < -0.39 is 6.61 Å². The Labute approximate surface area is 100 Å². The lowest BCUT2D eigenvalue weighted by Gasteiger charge is -2.08. The summed E-state index contributed by atoms with van der Waals surface area (Å²) in [5.41, 5.74) is 0.394. The Morgan fingerprint density at radius 1 is 1.41 bits per heavy atom. The van der Waals surface area contributed by atoms with E-state index in [9.17, 15) is 8.78 Å². The van der Waals surface area contributed by atoms with E-state index in [1.165, 1.54) is 18.3 Å². The molecule has 0 N–H and O–H groups in total. The van der Waals surface area contributed by atoms with Gasteiger partial charge < -0.3 is 4.74 Å². The molecule has 0 bridgehead atoms. The Balaban J connectivity index is 2.67. The van der Waals surface area contributed by atoms with Gasteiger partial charge in [0.1, 0.15) is 11.6 Å². The number of rotatable bonds is 2. The van der Waals surface area contributed by atoms with E-state index >= 15 is 0 Å². The predicted molar refractivity (Wildman–Crippen MR) is 58.1 cm³/mol. The summed E-state index contributed by atoms with van der Waals surface area (Å²) in [4.78, 5) is 3.90. The maximum Gasteiger partial charge on any atom is 0.387 e. The molecular formula is C11H5ClF2N2O. The number of aromatic nitrogens is 1. The van der Waals surface area contributed by atoms with Crippen LogP contribution in [-0.4, -0.2) is 11.6 Å². The Morgan fingerprint density at radius 2 is 2.18 bits per heavy atom. The molecule has 1 aromatic carbocycles. The maximum absolute atomic E-state index is 12.2. The normalized spacial score (nSPS) is 10.5. The zero-order valence-corrected chi connectivity index (χ0v) is 9.08. The Hall–Kier alpha value is -1.93. The van der Waals surface area contributed by atoms with Gasteiger partial charge in [0.2, 0.25) is 0 Å². The molecule has 0 atom stereocenters. The van der Waals surface area contributed by atoms with Gasteiger partial charge in [-0.05, 0) is 6.07 Å². The molecule has 0 saturated heterocycles. The number of hydrogen-bond acceptors (Lipinski definition) is 3. The third kappa shape index (κ3) is 2.12. The smallest absolute Gasteiger partial charge is 0.387 e. The third-order valence-electron chi connectivity index (χ3n) is 2.13. The van der Waals surface area contributed by atoms with Crippen molar-refractivity contribution in [3.63, 3.8) is 0 Å². The van der Waals surface area contributed by atoms with Crippen molar-refractivity contribution in [1.29, 1.82) is 5.26 Å². The second kappa shape index (κ2) is 4.52. The van der Waals surface area contributed by atoms with Gasteiger partial charge >= 0.3 is 6.61 Å². The highest BCUT2D eigenvalue weighted by Gasteiger charge is 2.12. The van der Waals surface area contributed by atoms with Gasteiger partial charge in [0.05, 0.1) is 10.6 Å². The van der Waals surface area contributed by atoms with Gasteiger partial charge in [0.15, 0.2) is 5.75 Å². The summed E-state index contributed by atoms with van der Waals surface area (Å²) in [5, 5.41) is 9.35. The van der Waals surface area contributed by atoms with E-state index in [0.717, 1.165) is 0 Å². The lowest BCUT2D eigenvalue weighted by molar-refractivity contribution is -0.0489. The molecule has 0 radical (unpaired) electrons. The van der Waals surface area contributed by atoms with Gasteiger partial charge in [0.25, 0.3) is 0 Å². The fraction of sp³-hybridized carbons (Fsp3) is 0.0909. The van der Waals surface area contributed by atoms with E-state index in [0.29, 0.717) is 5.39 Å². The monoisotopic (exact) mass is 254 g/mol. The van der Waals surface area contributed by atoms with Crippen LogP contribution in [0.5, 0.6) is 5.75 Å². The predicted octanol–water partition coefficient (Wildman–Crippen LogP) is 3.36. The number of halogens is 3. The van der Waals surface area contributed by atoms with E-state index in [1.807, 2.05) is 6.07 Å². The van der Waals surface area contributed by atoms with Crippen LogP contribution in [0.2, 0.25) is 5.02 Å². The van der Waals surface area contributed by atoms with E-state index in [1.54, 1.807) is 6.07 Å². The number of nitrogens with zero attached hydrogens (tertiary/aromatic N) is 2. The standard InChI is InChI=1S/C11H5ClF2N2O/c12-9-6(4-15)5-16-10-7(9)2-1-3-8(10)17-11(13)14/h1-3,5,11H. The molecule has 0 spiro atoms. The molecule has 1 aromatic heterocycles. The summed E-state index contributed by atoms with van der Waals surface area (Å²) in [7, 11) is 0. The first-order chi connectivity index (χ1) is 8.13. The van der Waals surface area contributed by atoms with Crippen molar-refractivity contribution in [2.45, 2.75) is 6.61 Å². The Morgan fingerprint density at radius 3 is 2.82 bits per heavy atom. The van der Waals surface area contributed by atoms with Crippen molar-refractivity contribution in [1.82, 2.24) is 4.98 Å². The molecule has 0 aliphatic heterocycles. The number of benzene rings is 1. The van der Waals surface area contributed by atoms with Crippen LogP contribution in [0.4, 0.5) is 8.78 Å². The minimum atomic E-state index is -2.93. The van der Waals surface area contributed by atoms with Crippen molar-refractivity contribution < 1.29 is 13.5 Å². The van der Waals surface area contributed by atoms with E-state index in [4.69, 9.17) is 16.9 Å². The van der Waals surface area contributed by atoms with Crippen LogP contribution in [-0.2, 0) is 0 Å². The van der Waals surface area contributed by atoms with Crippen LogP contribution in [0.3, 0.4) is 0 Å². The first-order valence-electron chi connectivity index (χ1n) is 4.55. The van der Waals surface area contributed by atoms with Crippen LogP contribution in [0.15, 0.2) is 24.4 Å². The third-order valence-corrected chi connectivity index (χ3v) is 2.54. The number of fused-ring (bicyclic) bond motifs is 1. The Kier molecular flexibility index (Phi) is 3.07. The quantitative estimate of drug-likeness (QED) is 0.825. The Bertz CT molecular complexity index is 610. The number of ether oxygens (including phenoxy) is 1. The van der Waals surface area contributed by atoms with Crippen LogP contribution >= 0.6 is 11.6 Å². The molecule has 0 fully saturated rings. The first-order valence-corrected chi connectivity index (χ1v) is 4.93. The molecular weight excluding hydrogens is 250 g/mol. The van der Waals surface area contributed by atoms with Crippen LogP contribution < -0.4 is 4.74 Å². The second-order valence-corrected chi connectivity index (χ2v) is 3.51. The molecule has 0 aliphatic carbocycles. The summed E-state index contributed by atoms with van der Waals surface area (Å²) < 4.78 is 28.6. The summed E-state index contributed by atoms with van der Waals surface area (Å²) in [6, 6.07) is 6.32. The van der Waals surface area contributed by atoms with Crippen LogP contribution in [0, 0.1) is 11.3 Å². The molecule has 0 saturated carbocycles. The molecule has 0 aliphatic rings. The van der Waals surface area contributed by atoms with Gasteiger partial charge in [-0.2, -0.15) is 14.0 Å². The van der Waals surface area contributed by atoms with Gasteiger partial charge in [0, 0.05) is 11.6 Å². The van der Waals surface area contributed by atoms with Crippen molar-refractivity contribution in [2.24, 2.45) is 0 Å². The number of alkyl halides is 2. The zero-order valence-electron chi connectivity index (χ0n) is 8.32. The lowest BCUT2D eigenvalue weighted by Crippen LogP contribution is -2.03. The first kappa shape index (κ1) is 11.6. The fourth-order valence-corrected chi connectivity index (χ4v) is 1.68. The maximum atomic E-state index is 12.2. The molecule has 1 heterocycles. The number of hydrogen-bond donors (Lipinski definition) is 0. The lowest BCUT2D eigenvalue weighted by atomic mass is 10.1. The second-order valence-electron chi connectivity index (χ2n) is 3.13.